The number of ether oxygens (including phenoxy) is 6. The number of rotatable bonds is 24. The lowest BCUT2D eigenvalue weighted by Gasteiger charge is -2.44. The number of aliphatic hydroxyl groups is 1. The Kier molecular flexibility index (Phi) is 19.1. The number of hydrogen-bond donors (Lipinski definition) is 1. The standard InChI is InChI=1S/C56H80O9Si2/c1-14-45(22-21-38-60-41-43-27-31-46(58-10)32-28-43)50(57)35-36-56(37-39-62-67(54(5,6)7,48-23-17-15-18-24-48)49-25-19-16-20-26-49)51(63-55(8,9)65-56)40-52(64-66(12,13)53(2,3)4)61-42-44-29-33-47(59-11)34-30-44/h15-36,45,50-52,57H,14,37-42H2,1-13H3/b22-21-,36-35+/t45-,50-,51+,52+,56-/m0/s1. The topological polar surface area (TPSA) is 94.1 Å². The van der Waals surface area contributed by atoms with Gasteiger partial charge in [-0.1, -0.05) is 158 Å². The molecule has 0 saturated carbocycles. The van der Waals surface area contributed by atoms with Crippen molar-refractivity contribution < 1.29 is 42.4 Å². The molecule has 67 heavy (non-hydrogen) atoms. The van der Waals surface area contributed by atoms with E-state index in [1.54, 1.807) is 14.2 Å². The molecule has 0 aliphatic carbocycles. The zero-order valence-corrected chi connectivity index (χ0v) is 44.7. The van der Waals surface area contributed by atoms with Gasteiger partial charge in [0.25, 0.3) is 8.32 Å². The Morgan fingerprint density at radius 3 is 1.76 bits per heavy atom. The molecule has 0 unspecified atom stereocenters. The lowest BCUT2D eigenvalue weighted by atomic mass is 9.88. The molecule has 0 spiro atoms. The average molecular weight is 953 g/mol. The van der Waals surface area contributed by atoms with Gasteiger partial charge in [-0.3, -0.25) is 0 Å². The Balaban J connectivity index is 1.50. The van der Waals surface area contributed by atoms with Crippen molar-refractivity contribution in [3.8, 4) is 11.5 Å². The molecular weight excluding hydrogens is 873 g/mol. The molecule has 1 saturated heterocycles. The van der Waals surface area contributed by atoms with Gasteiger partial charge in [0.15, 0.2) is 20.4 Å². The Bertz CT molecular complexity index is 2090. The fourth-order valence-corrected chi connectivity index (χ4v) is 14.4. The molecule has 11 heteroatoms. The van der Waals surface area contributed by atoms with Crippen LogP contribution in [0.4, 0.5) is 0 Å². The second kappa shape index (κ2) is 23.6. The minimum atomic E-state index is -2.92. The molecule has 0 amide bonds. The summed E-state index contributed by atoms with van der Waals surface area (Å²) in [5.74, 6) is 0.462. The first kappa shape index (κ1) is 54.1. The first-order valence-electron chi connectivity index (χ1n) is 24.0. The molecule has 5 rings (SSSR count). The minimum absolute atomic E-state index is 0.0742. The SMILES string of the molecule is CC[C@@H](/C=C\COCc1ccc(OC)cc1)[C@@H](O)/C=C/[C@@]1(CCO[Si](c2ccccc2)(c2ccccc2)C(C)(C)C)OC(C)(C)O[C@@H]1C[C@H](OCc1ccc(OC)cc1)O[Si](C)(C)C(C)(C)C. The van der Waals surface area contributed by atoms with Crippen LogP contribution in [0.2, 0.25) is 23.2 Å². The third-order valence-electron chi connectivity index (χ3n) is 13.4. The van der Waals surface area contributed by atoms with Gasteiger partial charge in [0.2, 0.25) is 0 Å². The molecule has 366 valence electrons. The zero-order valence-electron chi connectivity index (χ0n) is 42.7. The van der Waals surface area contributed by atoms with E-state index in [2.05, 4.69) is 122 Å². The first-order chi connectivity index (χ1) is 31.7. The molecular formula is C56H80O9Si2. The van der Waals surface area contributed by atoms with Crippen molar-refractivity contribution >= 4 is 27.0 Å². The second-order valence-electron chi connectivity index (χ2n) is 20.7. The van der Waals surface area contributed by atoms with Crippen molar-refractivity contribution in [2.24, 2.45) is 5.92 Å². The third kappa shape index (κ3) is 14.3. The van der Waals surface area contributed by atoms with Gasteiger partial charge in [0.05, 0.1) is 46.2 Å². The van der Waals surface area contributed by atoms with E-state index in [0.29, 0.717) is 39.3 Å². The van der Waals surface area contributed by atoms with E-state index in [0.717, 1.165) is 29.0 Å². The molecule has 9 nitrogen and oxygen atoms in total. The molecule has 4 aromatic carbocycles. The number of methoxy groups -OCH3 is 2. The highest BCUT2D eigenvalue weighted by atomic mass is 28.4. The van der Waals surface area contributed by atoms with Crippen molar-refractivity contribution in [3.63, 3.8) is 0 Å². The predicted octanol–water partition coefficient (Wildman–Crippen LogP) is 11.5. The van der Waals surface area contributed by atoms with Gasteiger partial charge in [0, 0.05) is 25.4 Å². The fraction of sp³-hybridized carbons (Fsp3) is 0.500. The summed E-state index contributed by atoms with van der Waals surface area (Å²) in [6.45, 7) is 25.7. The maximum Gasteiger partial charge on any atom is 0.261 e. The summed E-state index contributed by atoms with van der Waals surface area (Å²) >= 11 is 0. The molecule has 5 atom stereocenters. The summed E-state index contributed by atoms with van der Waals surface area (Å²) in [5, 5.41) is 14.1. The van der Waals surface area contributed by atoms with Crippen LogP contribution in [0, 0.1) is 5.92 Å². The smallest absolute Gasteiger partial charge is 0.261 e. The van der Waals surface area contributed by atoms with Crippen LogP contribution in [0.1, 0.15) is 92.7 Å². The molecule has 1 aliphatic rings. The highest BCUT2D eigenvalue weighted by molar-refractivity contribution is 6.99. The molecule has 4 aromatic rings. The summed E-state index contributed by atoms with van der Waals surface area (Å²) in [4.78, 5) is 0. The molecule has 0 bridgehead atoms. The van der Waals surface area contributed by atoms with Crippen LogP contribution >= 0.6 is 0 Å². The molecule has 1 aliphatic heterocycles. The Morgan fingerprint density at radius 1 is 0.731 bits per heavy atom. The molecule has 0 radical (unpaired) electrons. The van der Waals surface area contributed by atoms with Gasteiger partial charge in [-0.15, -0.1) is 0 Å². The van der Waals surface area contributed by atoms with E-state index in [4.69, 9.17) is 37.3 Å². The highest BCUT2D eigenvalue weighted by Crippen LogP contribution is 2.45. The third-order valence-corrected chi connectivity index (χ3v) is 22.9. The van der Waals surface area contributed by atoms with Crippen molar-refractivity contribution in [3.05, 3.63) is 145 Å². The van der Waals surface area contributed by atoms with E-state index in [-0.39, 0.29) is 16.0 Å². The van der Waals surface area contributed by atoms with Crippen molar-refractivity contribution in [2.75, 3.05) is 27.4 Å². The quantitative estimate of drug-likeness (QED) is 0.0319. The van der Waals surface area contributed by atoms with Crippen LogP contribution in [-0.4, -0.2) is 79.1 Å². The minimum Gasteiger partial charge on any atom is -0.497 e. The van der Waals surface area contributed by atoms with Crippen LogP contribution in [0.25, 0.3) is 0 Å². The van der Waals surface area contributed by atoms with Gasteiger partial charge in [0.1, 0.15) is 17.1 Å². The summed E-state index contributed by atoms with van der Waals surface area (Å²) in [5.41, 5.74) is 1.04. The molecule has 1 N–H and O–H groups in total. The Labute approximate surface area is 405 Å². The van der Waals surface area contributed by atoms with E-state index in [1.807, 2.05) is 86.7 Å². The van der Waals surface area contributed by atoms with Crippen LogP contribution in [-0.2, 0) is 41.0 Å². The number of aliphatic hydroxyl groups excluding tert-OH is 1. The molecule has 0 aromatic heterocycles. The summed E-state index contributed by atoms with van der Waals surface area (Å²) in [6, 6.07) is 37.2. The van der Waals surface area contributed by atoms with E-state index < -0.39 is 46.5 Å². The van der Waals surface area contributed by atoms with Crippen molar-refractivity contribution in [1.29, 1.82) is 0 Å². The zero-order chi connectivity index (χ0) is 48.9. The summed E-state index contributed by atoms with van der Waals surface area (Å²) in [7, 11) is -1.95. The first-order valence-corrected chi connectivity index (χ1v) is 28.8. The normalized spacial score (nSPS) is 19.5. The maximum atomic E-state index is 12.0. The number of hydrogen-bond acceptors (Lipinski definition) is 9. The van der Waals surface area contributed by atoms with Gasteiger partial charge in [-0.2, -0.15) is 0 Å². The Morgan fingerprint density at radius 2 is 1.27 bits per heavy atom. The van der Waals surface area contributed by atoms with E-state index in [1.165, 1.54) is 10.4 Å². The lowest BCUT2D eigenvalue weighted by Crippen LogP contribution is -2.66. The number of benzene rings is 4. The van der Waals surface area contributed by atoms with Gasteiger partial charge in [-0.05, 0) is 89.2 Å². The van der Waals surface area contributed by atoms with Crippen LogP contribution < -0.4 is 19.8 Å². The highest BCUT2D eigenvalue weighted by Gasteiger charge is 2.55. The van der Waals surface area contributed by atoms with E-state index in [9.17, 15) is 5.11 Å². The van der Waals surface area contributed by atoms with Crippen molar-refractivity contribution in [1.82, 2.24) is 0 Å². The lowest BCUT2D eigenvalue weighted by molar-refractivity contribution is -0.164. The van der Waals surface area contributed by atoms with E-state index >= 15 is 0 Å². The van der Waals surface area contributed by atoms with Gasteiger partial charge in [-0.25, -0.2) is 0 Å². The largest absolute Gasteiger partial charge is 0.497 e. The van der Waals surface area contributed by atoms with Crippen LogP contribution in [0.15, 0.2) is 133 Å². The Hall–Kier alpha value is -3.89. The average Bonchev–Trinajstić information content (AvgIpc) is 3.55. The monoisotopic (exact) mass is 953 g/mol. The maximum absolute atomic E-state index is 12.0. The molecule has 1 fully saturated rings. The van der Waals surface area contributed by atoms with Crippen LogP contribution in [0.3, 0.4) is 0 Å². The van der Waals surface area contributed by atoms with Gasteiger partial charge < -0.3 is 42.4 Å². The van der Waals surface area contributed by atoms with Crippen molar-refractivity contribution in [2.45, 2.75) is 148 Å². The predicted molar refractivity (Wildman–Crippen MR) is 276 cm³/mol. The second-order valence-corrected chi connectivity index (χ2v) is 29.8. The van der Waals surface area contributed by atoms with Crippen LogP contribution in [0.5, 0.6) is 11.5 Å². The fourth-order valence-electron chi connectivity index (χ4n) is 8.63. The summed E-state index contributed by atoms with van der Waals surface area (Å²) < 4.78 is 52.2. The molecule has 1 heterocycles. The summed E-state index contributed by atoms with van der Waals surface area (Å²) in [6.07, 6.45) is 7.56. The van der Waals surface area contributed by atoms with Gasteiger partial charge >= 0.3 is 0 Å².